The number of hydrogen-bond donors (Lipinski definition) is 1. The van der Waals surface area contributed by atoms with E-state index in [1.165, 1.54) is 0 Å². The highest BCUT2D eigenvalue weighted by Gasteiger charge is 2.56. The van der Waals surface area contributed by atoms with Gasteiger partial charge in [-0.3, -0.25) is 4.79 Å². The molecular weight excluding hydrogens is 409 g/mol. The standard InChI is InChI=1S/C29H24NOP/c1-2-23-30-29(31)28(24-15-7-3-8-16-24)32(25-17-9-4-10-18-25,26-19-11-5-12-20-26)27-21-13-6-14-22-27/h1,3-22,28H,23H2/p+1. The maximum Gasteiger partial charge on any atom is 0.267 e. The van der Waals surface area contributed by atoms with Crippen molar-refractivity contribution in [2.45, 2.75) is 5.66 Å². The average Bonchev–Trinajstić information content (AvgIpc) is 2.88. The SMILES string of the molecule is C#CCNC(=O)C(c1ccccc1)[P+](c1ccccc1)(c1ccccc1)c1ccccc1. The molecule has 0 saturated heterocycles. The van der Waals surface area contributed by atoms with Crippen LogP contribution in [0.4, 0.5) is 0 Å². The monoisotopic (exact) mass is 434 g/mol. The van der Waals surface area contributed by atoms with Gasteiger partial charge in [-0.25, -0.2) is 0 Å². The lowest BCUT2D eigenvalue weighted by Crippen LogP contribution is -2.42. The summed E-state index contributed by atoms with van der Waals surface area (Å²) in [5.41, 5.74) is 0.552. The van der Waals surface area contributed by atoms with Crippen LogP contribution in [0.5, 0.6) is 0 Å². The molecule has 4 rings (SSSR count). The van der Waals surface area contributed by atoms with Gasteiger partial charge in [-0.2, -0.15) is 0 Å². The van der Waals surface area contributed by atoms with E-state index >= 15 is 0 Å². The van der Waals surface area contributed by atoms with Crippen molar-refractivity contribution in [2.24, 2.45) is 0 Å². The number of benzene rings is 4. The molecule has 1 atom stereocenters. The number of hydrogen-bond acceptors (Lipinski definition) is 1. The van der Waals surface area contributed by atoms with Crippen LogP contribution in [0, 0.1) is 12.3 Å². The number of carbonyl (C=O) groups excluding carboxylic acids is 1. The van der Waals surface area contributed by atoms with E-state index in [0.29, 0.717) is 0 Å². The first kappa shape index (κ1) is 21.6. The smallest absolute Gasteiger partial charge is 0.267 e. The van der Waals surface area contributed by atoms with Gasteiger partial charge in [-0.05, 0) is 36.4 Å². The van der Waals surface area contributed by atoms with Crippen LogP contribution in [-0.4, -0.2) is 12.5 Å². The third kappa shape index (κ3) is 4.09. The number of terminal acetylenes is 1. The Labute approximate surface area is 190 Å². The van der Waals surface area contributed by atoms with E-state index in [4.69, 9.17) is 6.42 Å². The number of carbonyl (C=O) groups is 1. The molecule has 0 aromatic heterocycles. The fourth-order valence-electron chi connectivity index (χ4n) is 4.30. The fourth-order valence-corrected chi connectivity index (χ4v) is 9.08. The Hall–Kier alpha value is -3.66. The highest BCUT2D eigenvalue weighted by Crippen LogP contribution is 2.66. The summed E-state index contributed by atoms with van der Waals surface area (Å²) in [5.74, 6) is 2.50. The molecule has 3 heteroatoms. The van der Waals surface area contributed by atoms with Crippen molar-refractivity contribution in [3.8, 4) is 12.3 Å². The first-order valence-electron chi connectivity index (χ1n) is 10.6. The van der Waals surface area contributed by atoms with Crippen molar-refractivity contribution in [1.29, 1.82) is 0 Å². The molecule has 0 aliphatic heterocycles. The maximum atomic E-state index is 13.9. The molecule has 0 fully saturated rings. The van der Waals surface area contributed by atoms with E-state index in [2.05, 4.69) is 84.0 Å². The van der Waals surface area contributed by atoms with Gasteiger partial charge in [0.25, 0.3) is 5.91 Å². The van der Waals surface area contributed by atoms with Gasteiger partial charge in [0.2, 0.25) is 0 Å². The highest BCUT2D eigenvalue weighted by atomic mass is 31.2. The maximum absolute atomic E-state index is 13.9. The van der Waals surface area contributed by atoms with Gasteiger partial charge in [0.15, 0.2) is 5.66 Å². The van der Waals surface area contributed by atoms with Crippen molar-refractivity contribution >= 4 is 29.1 Å². The molecular formula is C29H25NOP+. The second kappa shape index (κ2) is 10.1. The molecule has 4 aromatic rings. The number of nitrogens with one attached hydrogen (secondary N) is 1. The molecule has 156 valence electrons. The van der Waals surface area contributed by atoms with Gasteiger partial charge in [-0.15, -0.1) is 6.42 Å². The summed E-state index contributed by atoms with van der Waals surface area (Å²) in [6, 6.07) is 41.3. The molecule has 2 nitrogen and oxygen atoms in total. The lowest BCUT2D eigenvalue weighted by atomic mass is 10.1. The van der Waals surface area contributed by atoms with E-state index in [0.717, 1.165) is 21.5 Å². The zero-order valence-electron chi connectivity index (χ0n) is 17.8. The predicted octanol–water partition coefficient (Wildman–Crippen LogP) is 4.47. The Morgan fingerprint density at radius 1 is 0.688 bits per heavy atom. The summed E-state index contributed by atoms with van der Waals surface area (Å²) in [4.78, 5) is 13.9. The van der Waals surface area contributed by atoms with Crippen molar-refractivity contribution in [3.05, 3.63) is 127 Å². The predicted molar refractivity (Wildman–Crippen MR) is 136 cm³/mol. The Kier molecular flexibility index (Phi) is 6.81. The van der Waals surface area contributed by atoms with Crippen LogP contribution < -0.4 is 21.2 Å². The molecule has 0 spiro atoms. The second-order valence-electron chi connectivity index (χ2n) is 7.46. The van der Waals surface area contributed by atoms with Gasteiger partial charge in [0, 0.05) is 5.56 Å². The third-order valence-electron chi connectivity index (χ3n) is 5.61. The van der Waals surface area contributed by atoms with Crippen LogP contribution >= 0.6 is 7.26 Å². The highest BCUT2D eigenvalue weighted by molar-refractivity contribution is 7.96. The van der Waals surface area contributed by atoms with Crippen LogP contribution in [0.25, 0.3) is 0 Å². The molecule has 0 radical (unpaired) electrons. The lowest BCUT2D eigenvalue weighted by Gasteiger charge is -2.34. The molecule has 1 amide bonds. The minimum Gasteiger partial charge on any atom is -0.341 e. The molecule has 0 bridgehead atoms. The molecule has 4 aromatic carbocycles. The Bertz CT molecular complexity index is 1090. The fraction of sp³-hybridized carbons (Fsp3) is 0.0690. The average molecular weight is 434 g/mol. The quantitative estimate of drug-likeness (QED) is 0.338. The second-order valence-corrected chi connectivity index (χ2v) is 11.0. The first-order chi connectivity index (χ1) is 15.8. The van der Waals surface area contributed by atoms with Crippen LogP contribution in [0.1, 0.15) is 11.2 Å². The van der Waals surface area contributed by atoms with Crippen molar-refractivity contribution in [3.63, 3.8) is 0 Å². The van der Waals surface area contributed by atoms with Crippen LogP contribution in [0.15, 0.2) is 121 Å². The molecule has 0 heterocycles. The molecule has 0 saturated carbocycles. The molecule has 0 aliphatic rings. The van der Waals surface area contributed by atoms with Gasteiger partial charge in [0.05, 0.1) is 6.54 Å². The van der Waals surface area contributed by atoms with Gasteiger partial charge < -0.3 is 5.32 Å². The molecule has 1 unspecified atom stereocenters. The normalized spacial score (nSPS) is 11.8. The minimum absolute atomic E-state index is 0.0564. The summed E-state index contributed by atoms with van der Waals surface area (Å²) < 4.78 is 0. The zero-order valence-corrected chi connectivity index (χ0v) is 18.7. The van der Waals surface area contributed by atoms with E-state index in [9.17, 15) is 4.79 Å². The van der Waals surface area contributed by atoms with E-state index in [1.54, 1.807) is 0 Å². The Balaban J connectivity index is 2.11. The zero-order chi connectivity index (χ0) is 22.2. The van der Waals surface area contributed by atoms with Gasteiger partial charge in [-0.1, -0.05) is 90.8 Å². The van der Waals surface area contributed by atoms with Crippen LogP contribution in [-0.2, 0) is 4.79 Å². The minimum atomic E-state index is -2.46. The van der Waals surface area contributed by atoms with Gasteiger partial charge >= 0.3 is 0 Å². The van der Waals surface area contributed by atoms with Gasteiger partial charge in [0.1, 0.15) is 23.2 Å². The summed E-state index contributed by atoms with van der Waals surface area (Å²) in [6.45, 7) is 0.195. The summed E-state index contributed by atoms with van der Waals surface area (Å²) >= 11 is 0. The van der Waals surface area contributed by atoms with E-state index in [1.807, 2.05) is 48.5 Å². The molecule has 1 N–H and O–H groups in total. The topological polar surface area (TPSA) is 29.1 Å². The Morgan fingerprint density at radius 2 is 1.06 bits per heavy atom. The van der Waals surface area contributed by atoms with Crippen molar-refractivity contribution in [1.82, 2.24) is 5.32 Å². The molecule has 32 heavy (non-hydrogen) atoms. The third-order valence-corrected chi connectivity index (χ3v) is 10.3. The van der Waals surface area contributed by atoms with E-state index < -0.39 is 12.9 Å². The number of amides is 1. The Morgan fingerprint density at radius 3 is 1.44 bits per heavy atom. The van der Waals surface area contributed by atoms with Crippen molar-refractivity contribution < 1.29 is 4.79 Å². The van der Waals surface area contributed by atoms with Crippen molar-refractivity contribution in [2.75, 3.05) is 6.54 Å². The largest absolute Gasteiger partial charge is 0.341 e. The summed E-state index contributed by atoms with van der Waals surface area (Å²) in [5, 5.41) is 6.46. The van der Waals surface area contributed by atoms with Crippen LogP contribution in [0.3, 0.4) is 0 Å². The van der Waals surface area contributed by atoms with E-state index in [-0.39, 0.29) is 12.5 Å². The first-order valence-corrected chi connectivity index (χ1v) is 12.5. The molecule has 0 aliphatic carbocycles. The summed E-state index contributed by atoms with van der Waals surface area (Å²) in [6.07, 6.45) is 5.50. The lowest BCUT2D eigenvalue weighted by molar-refractivity contribution is -0.120. The number of rotatable bonds is 7. The van der Waals surface area contributed by atoms with Crippen LogP contribution in [0.2, 0.25) is 0 Å². The summed E-state index contributed by atoms with van der Waals surface area (Å²) in [7, 11) is -2.46.